The molecular weight excluding hydrogens is 226 g/mol. The highest BCUT2D eigenvalue weighted by Crippen LogP contribution is 2.23. The maximum absolute atomic E-state index is 4.56. The zero-order valence-corrected chi connectivity index (χ0v) is 12.0. The summed E-state index contributed by atoms with van der Waals surface area (Å²) in [7, 11) is 0. The van der Waals surface area contributed by atoms with Gasteiger partial charge in [-0.25, -0.2) is 9.67 Å². The molecule has 0 bridgehead atoms. The summed E-state index contributed by atoms with van der Waals surface area (Å²) in [6.45, 7) is 12.5. The lowest BCUT2D eigenvalue weighted by molar-refractivity contribution is 0.357. The standard InChI is InChI=1S/C13H21N5/c1-9(2)17-8-7-11(16-17)12-14-10(3)15-18(12)13(4,5)6/h7-9H,1-6H3. The second-order valence-electron chi connectivity index (χ2n) is 5.84. The van der Waals surface area contributed by atoms with Crippen molar-refractivity contribution in [2.75, 3.05) is 0 Å². The van der Waals surface area contributed by atoms with Gasteiger partial charge >= 0.3 is 0 Å². The number of nitrogens with zero attached hydrogens (tertiary/aromatic N) is 5. The monoisotopic (exact) mass is 247 g/mol. The van der Waals surface area contributed by atoms with Crippen LogP contribution >= 0.6 is 0 Å². The van der Waals surface area contributed by atoms with Gasteiger partial charge in [-0.15, -0.1) is 0 Å². The van der Waals surface area contributed by atoms with E-state index in [9.17, 15) is 0 Å². The molecule has 0 N–H and O–H groups in total. The van der Waals surface area contributed by atoms with Crippen LogP contribution < -0.4 is 0 Å². The molecule has 0 aliphatic carbocycles. The summed E-state index contributed by atoms with van der Waals surface area (Å²) in [5, 5.41) is 9.03. The van der Waals surface area contributed by atoms with Crippen LogP contribution in [0.3, 0.4) is 0 Å². The predicted octanol–water partition coefficient (Wildman–Crippen LogP) is 2.79. The third kappa shape index (κ3) is 2.30. The summed E-state index contributed by atoms with van der Waals surface area (Å²) >= 11 is 0. The van der Waals surface area contributed by atoms with Crippen LogP contribution in [0.1, 0.15) is 46.5 Å². The van der Waals surface area contributed by atoms with Crippen molar-refractivity contribution in [3.8, 4) is 11.5 Å². The molecule has 2 rings (SSSR count). The SMILES string of the molecule is Cc1nc(-c2ccn(C(C)C)n2)n(C(C)(C)C)n1. The van der Waals surface area contributed by atoms with Crippen molar-refractivity contribution in [3.05, 3.63) is 18.1 Å². The molecule has 2 aromatic heterocycles. The van der Waals surface area contributed by atoms with E-state index in [1.54, 1.807) is 0 Å². The molecule has 0 aliphatic heterocycles. The van der Waals surface area contributed by atoms with Gasteiger partial charge in [-0.2, -0.15) is 10.2 Å². The van der Waals surface area contributed by atoms with Crippen LogP contribution in [0.15, 0.2) is 12.3 Å². The molecule has 18 heavy (non-hydrogen) atoms. The normalized spacial score (nSPS) is 12.4. The first-order valence-corrected chi connectivity index (χ1v) is 6.28. The van der Waals surface area contributed by atoms with E-state index in [-0.39, 0.29) is 5.54 Å². The molecule has 2 heterocycles. The van der Waals surface area contributed by atoms with Crippen LogP contribution in [0.25, 0.3) is 11.5 Å². The van der Waals surface area contributed by atoms with Crippen LogP contribution in [0.2, 0.25) is 0 Å². The first-order valence-electron chi connectivity index (χ1n) is 6.28. The van der Waals surface area contributed by atoms with Gasteiger partial charge in [0, 0.05) is 12.2 Å². The van der Waals surface area contributed by atoms with Gasteiger partial charge in [-0.3, -0.25) is 4.68 Å². The van der Waals surface area contributed by atoms with E-state index in [1.165, 1.54) is 0 Å². The third-order valence-corrected chi connectivity index (χ3v) is 2.71. The van der Waals surface area contributed by atoms with Crippen molar-refractivity contribution >= 4 is 0 Å². The lowest BCUT2D eigenvalue weighted by Gasteiger charge is -2.20. The van der Waals surface area contributed by atoms with E-state index in [2.05, 4.69) is 49.8 Å². The predicted molar refractivity (Wildman–Crippen MR) is 71.4 cm³/mol. The summed E-state index contributed by atoms with van der Waals surface area (Å²) in [6.07, 6.45) is 1.98. The first-order chi connectivity index (χ1) is 8.29. The maximum Gasteiger partial charge on any atom is 0.179 e. The fourth-order valence-corrected chi connectivity index (χ4v) is 1.79. The van der Waals surface area contributed by atoms with Crippen LogP contribution in [0, 0.1) is 6.92 Å². The highest BCUT2D eigenvalue weighted by atomic mass is 15.4. The molecule has 0 unspecified atom stereocenters. The van der Waals surface area contributed by atoms with Crippen molar-refractivity contribution in [3.63, 3.8) is 0 Å². The molecule has 0 spiro atoms. The summed E-state index contributed by atoms with van der Waals surface area (Å²) in [5.74, 6) is 1.61. The van der Waals surface area contributed by atoms with Crippen LogP contribution in [0.5, 0.6) is 0 Å². The van der Waals surface area contributed by atoms with Crippen molar-refractivity contribution in [2.24, 2.45) is 0 Å². The molecule has 5 heteroatoms. The molecule has 0 fully saturated rings. The molecule has 0 aromatic carbocycles. The Kier molecular flexibility index (Phi) is 3.00. The minimum absolute atomic E-state index is 0.0990. The first kappa shape index (κ1) is 12.8. The largest absolute Gasteiger partial charge is 0.270 e. The van der Waals surface area contributed by atoms with Crippen molar-refractivity contribution < 1.29 is 0 Å². The molecular formula is C13H21N5. The van der Waals surface area contributed by atoms with Gasteiger partial charge in [-0.1, -0.05) is 0 Å². The number of hydrogen-bond acceptors (Lipinski definition) is 3. The number of aryl methyl sites for hydroxylation is 1. The lowest BCUT2D eigenvalue weighted by atomic mass is 10.1. The topological polar surface area (TPSA) is 48.5 Å². The van der Waals surface area contributed by atoms with E-state index in [4.69, 9.17) is 0 Å². The zero-order valence-electron chi connectivity index (χ0n) is 12.0. The Morgan fingerprint density at radius 1 is 1.17 bits per heavy atom. The van der Waals surface area contributed by atoms with Gasteiger partial charge in [0.25, 0.3) is 0 Å². The molecule has 5 nitrogen and oxygen atoms in total. The Labute approximate surface area is 108 Å². The Bertz CT molecular complexity index is 542. The van der Waals surface area contributed by atoms with E-state index in [0.29, 0.717) is 6.04 Å². The van der Waals surface area contributed by atoms with Crippen LogP contribution in [0.4, 0.5) is 0 Å². The van der Waals surface area contributed by atoms with E-state index in [0.717, 1.165) is 17.3 Å². The number of hydrogen-bond donors (Lipinski definition) is 0. The average Bonchev–Trinajstić information content (AvgIpc) is 2.81. The Morgan fingerprint density at radius 2 is 1.83 bits per heavy atom. The Balaban J connectivity index is 2.50. The third-order valence-electron chi connectivity index (χ3n) is 2.71. The van der Waals surface area contributed by atoms with Crippen molar-refractivity contribution in [1.29, 1.82) is 0 Å². The van der Waals surface area contributed by atoms with Gasteiger partial charge in [0.05, 0.1) is 5.54 Å². The van der Waals surface area contributed by atoms with Crippen LogP contribution in [-0.2, 0) is 5.54 Å². The second-order valence-corrected chi connectivity index (χ2v) is 5.84. The number of rotatable bonds is 2. The Hall–Kier alpha value is -1.65. The summed E-state index contributed by atoms with van der Waals surface area (Å²) in [5.41, 5.74) is 0.775. The molecule has 0 saturated carbocycles. The molecule has 98 valence electrons. The Morgan fingerprint density at radius 3 is 2.33 bits per heavy atom. The van der Waals surface area contributed by atoms with E-state index < -0.39 is 0 Å². The lowest BCUT2D eigenvalue weighted by Crippen LogP contribution is -2.24. The second kappa shape index (κ2) is 4.23. The van der Waals surface area contributed by atoms with Gasteiger partial charge in [0.2, 0.25) is 0 Å². The molecule has 0 atom stereocenters. The molecule has 0 saturated heterocycles. The zero-order chi connectivity index (χ0) is 13.5. The summed E-state index contributed by atoms with van der Waals surface area (Å²) in [4.78, 5) is 4.50. The van der Waals surface area contributed by atoms with Crippen LogP contribution in [-0.4, -0.2) is 24.5 Å². The quantitative estimate of drug-likeness (QED) is 0.820. The van der Waals surface area contributed by atoms with E-state index >= 15 is 0 Å². The minimum Gasteiger partial charge on any atom is -0.270 e. The molecule has 0 radical (unpaired) electrons. The summed E-state index contributed by atoms with van der Waals surface area (Å²) in [6, 6.07) is 2.34. The van der Waals surface area contributed by atoms with Gasteiger partial charge in [-0.05, 0) is 47.6 Å². The highest BCUT2D eigenvalue weighted by Gasteiger charge is 2.22. The highest BCUT2D eigenvalue weighted by molar-refractivity contribution is 5.48. The van der Waals surface area contributed by atoms with Gasteiger partial charge in [0.1, 0.15) is 11.5 Å². The molecule has 0 aliphatic rings. The fraction of sp³-hybridized carbons (Fsp3) is 0.615. The minimum atomic E-state index is -0.0990. The van der Waals surface area contributed by atoms with E-state index in [1.807, 2.05) is 28.6 Å². The van der Waals surface area contributed by atoms with Crippen molar-refractivity contribution in [2.45, 2.75) is 53.1 Å². The summed E-state index contributed by atoms with van der Waals surface area (Å²) < 4.78 is 3.88. The number of aromatic nitrogens is 5. The maximum atomic E-state index is 4.56. The fourth-order valence-electron chi connectivity index (χ4n) is 1.79. The van der Waals surface area contributed by atoms with Gasteiger partial charge < -0.3 is 0 Å². The molecule has 0 amide bonds. The van der Waals surface area contributed by atoms with Crippen molar-refractivity contribution in [1.82, 2.24) is 24.5 Å². The smallest absolute Gasteiger partial charge is 0.179 e. The molecule has 2 aromatic rings. The average molecular weight is 247 g/mol. The van der Waals surface area contributed by atoms with Gasteiger partial charge in [0.15, 0.2) is 5.82 Å².